The molecule has 80 valence electrons. The van der Waals surface area contributed by atoms with Crippen LogP contribution >= 0.6 is 22.6 Å². The molecule has 2 fully saturated rings. The van der Waals surface area contributed by atoms with Crippen molar-refractivity contribution in [1.82, 2.24) is 0 Å². The molecule has 1 aliphatic carbocycles. The standard InChI is InChI=1S/C11H17IO2/c1-9(7-12)10-8-13-11(14-10)5-3-2-4-6-11/h7,10H,2-6,8H2,1H3/b9-7+/t10-/m1/s1. The first-order valence-corrected chi connectivity index (χ1v) is 6.59. The van der Waals surface area contributed by atoms with Gasteiger partial charge in [-0.05, 0) is 29.4 Å². The quantitative estimate of drug-likeness (QED) is 0.691. The summed E-state index contributed by atoms with van der Waals surface area (Å²) in [6.45, 7) is 2.85. The van der Waals surface area contributed by atoms with E-state index in [1.54, 1.807) is 0 Å². The first-order valence-electron chi connectivity index (χ1n) is 5.34. The van der Waals surface area contributed by atoms with Crippen molar-refractivity contribution in [1.29, 1.82) is 0 Å². The van der Waals surface area contributed by atoms with E-state index in [9.17, 15) is 0 Å². The monoisotopic (exact) mass is 308 g/mol. The summed E-state index contributed by atoms with van der Waals surface area (Å²) in [4.78, 5) is 0. The molecular formula is C11H17IO2. The van der Waals surface area contributed by atoms with Gasteiger partial charge in [-0.25, -0.2) is 0 Å². The maximum Gasteiger partial charge on any atom is 0.169 e. The highest BCUT2D eigenvalue weighted by molar-refractivity contribution is 14.1. The highest BCUT2D eigenvalue weighted by Crippen LogP contribution is 2.39. The van der Waals surface area contributed by atoms with E-state index < -0.39 is 0 Å². The summed E-state index contributed by atoms with van der Waals surface area (Å²) in [5, 5.41) is 0. The van der Waals surface area contributed by atoms with Gasteiger partial charge in [-0.2, -0.15) is 0 Å². The smallest absolute Gasteiger partial charge is 0.169 e. The van der Waals surface area contributed by atoms with E-state index in [-0.39, 0.29) is 11.9 Å². The van der Waals surface area contributed by atoms with Gasteiger partial charge in [-0.15, -0.1) is 0 Å². The number of rotatable bonds is 1. The lowest BCUT2D eigenvalue weighted by atomic mass is 9.94. The summed E-state index contributed by atoms with van der Waals surface area (Å²) in [6, 6.07) is 0. The normalized spacial score (nSPS) is 32.4. The lowest BCUT2D eigenvalue weighted by Crippen LogP contribution is -2.33. The zero-order valence-corrected chi connectivity index (χ0v) is 10.7. The van der Waals surface area contributed by atoms with Gasteiger partial charge in [-0.3, -0.25) is 0 Å². The van der Waals surface area contributed by atoms with Gasteiger partial charge in [0.25, 0.3) is 0 Å². The van der Waals surface area contributed by atoms with Crippen LogP contribution in [0.15, 0.2) is 9.66 Å². The molecule has 1 saturated carbocycles. The van der Waals surface area contributed by atoms with E-state index in [1.807, 2.05) is 0 Å². The van der Waals surface area contributed by atoms with Crippen molar-refractivity contribution in [3.8, 4) is 0 Å². The van der Waals surface area contributed by atoms with E-state index in [0.29, 0.717) is 0 Å². The molecule has 14 heavy (non-hydrogen) atoms. The highest BCUT2D eigenvalue weighted by atomic mass is 127. The minimum absolute atomic E-state index is 0.199. The maximum absolute atomic E-state index is 6.05. The Hall–Kier alpha value is 0.390. The lowest BCUT2D eigenvalue weighted by Gasteiger charge is -2.31. The summed E-state index contributed by atoms with van der Waals surface area (Å²) in [5.41, 5.74) is 1.29. The predicted octanol–water partition coefficient (Wildman–Crippen LogP) is 3.40. The van der Waals surface area contributed by atoms with Gasteiger partial charge in [-0.1, -0.05) is 29.0 Å². The van der Waals surface area contributed by atoms with Gasteiger partial charge in [0, 0.05) is 12.8 Å². The van der Waals surface area contributed by atoms with E-state index in [4.69, 9.17) is 9.47 Å². The molecule has 2 nitrogen and oxygen atoms in total. The first-order chi connectivity index (χ1) is 6.76. The Morgan fingerprint density at radius 1 is 1.36 bits per heavy atom. The van der Waals surface area contributed by atoms with E-state index >= 15 is 0 Å². The summed E-state index contributed by atoms with van der Waals surface area (Å²) in [7, 11) is 0. The van der Waals surface area contributed by atoms with Crippen molar-refractivity contribution in [2.45, 2.75) is 50.9 Å². The fourth-order valence-corrected chi connectivity index (χ4v) is 2.60. The average Bonchev–Trinajstić information content (AvgIpc) is 2.62. The second kappa shape index (κ2) is 4.49. The molecule has 0 bridgehead atoms. The van der Waals surface area contributed by atoms with Crippen molar-refractivity contribution < 1.29 is 9.47 Å². The molecular weight excluding hydrogens is 291 g/mol. The largest absolute Gasteiger partial charge is 0.347 e. The molecule has 0 unspecified atom stereocenters. The van der Waals surface area contributed by atoms with E-state index in [0.717, 1.165) is 19.4 Å². The molecule has 1 heterocycles. The molecule has 0 radical (unpaired) electrons. The van der Waals surface area contributed by atoms with Crippen LogP contribution in [0.5, 0.6) is 0 Å². The third-order valence-corrected chi connectivity index (χ3v) is 4.13. The number of hydrogen-bond acceptors (Lipinski definition) is 2. The zero-order chi connectivity index (χ0) is 10.0. The molecule has 3 heteroatoms. The van der Waals surface area contributed by atoms with Crippen LogP contribution in [0.2, 0.25) is 0 Å². The van der Waals surface area contributed by atoms with Crippen molar-refractivity contribution in [3.05, 3.63) is 9.66 Å². The molecule has 0 aromatic heterocycles. The summed E-state index contributed by atoms with van der Waals surface area (Å²) in [6.07, 6.45) is 6.19. The van der Waals surface area contributed by atoms with E-state index in [2.05, 4.69) is 33.6 Å². The lowest BCUT2D eigenvalue weighted by molar-refractivity contribution is -0.183. The van der Waals surface area contributed by atoms with Crippen molar-refractivity contribution in [2.75, 3.05) is 6.61 Å². The molecule has 0 amide bonds. The van der Waals surface area contributed by atoms with Crippen LogP contribution in [0.4, 0.5) is 0 Å². The minimum Gasteiger partial charge on any atom is -0.347 e. The third-order valence-electron chi connectivity index (χ3n) is 3.15. The molecule has 1 spiro atoms. The van der Waals surface area contributed by atoms with Gasteiger partial charge in [0.2, 0.25) is 0 Å². The van der Waals surface area contributed by atoms with Crippen molar-refractivity contribution in [2.24, 2.45) is 0 Å². The molecule has 0 N–H and O–H groups in total. The molecule has 0 aromatic rings. The Bertz CT molecular complexity index is 231. The Balaban J connectivity index is 1.99. The van der Waals surface area contributed by atoms with Gasteiger partial charge in [0.1, 0.15) is 6.10 Å². The van der Waals surface area contributed by atoms with Gasteiger partial charge in [0.15, 0.2) is 5.79 Å². The number of halogens is 1. The molecule has 1 atom stereocenters. The molecule has 2 rings (SSSR count). The van der Waals surface area contributed by atoms with Gasteiger partial charge >= 0.3 is 0 Å². The summed E-state index contributed by atoms with van der Waals surface area (Å²) >= 11 is 2.26. The van der Waals surface area contributed by atoms with E-state index in [1.165, 1.54) is 24.8 Å². The summed E-state index contributed by atoms with van der Waals surface area (Å²) in [5.74, 6) is -0.218. The maximum atomic E-state index is 6.05. The van der Waals surface area contributed by atoms with Crippen molar-refractivity contribution >= 4 is 22.6 Å². The average molecular weight is 308 g/mol. The van der Waals surface area contributed by atoms with Crippen LogP contribution in [-0.4, -0.2) is 18.5 Å². The van der Waals surface area contributed by atoms with Crippen LogP contribution in [0.3, 0.4) is 0 Å². The Morgan fingerprint density at radius 2 is 2.07 bits per heavy atom. The third kappa shape index (κ3) is 2.14. The highest BCUT2D eigenvalue weighted by Gasteiger charge is 2.42. The van der Waals surface area contributed by atoms with Crippen LogP contribution < -0.4 is 0 Å². The molecule has 1 saturated heterocycles. The number of hydrogen-bond donors (Lipinski definition) is 0. The van der Waals surface area contributed by atoms with Gasteiger partial charge in [0.05, 0.1) is 6.61 Å². The van der Waals surface area contributed by atoms with Gasteiger partial charge < -0.3 is 9.47 Å². The summed E-state index contributed by atoms with van der Waals surface area (Å²) < 4.78 is 14.0. The Kier molecular flexibility index (Phi) is 3.50. The minimum atomic E-state index is -0.218. The van der Waals surface area contributed by atoms with Crippen LogP contribution in [-0.2, 0) is 9.47 Å². The number of ether oxygens (including phenoxy) is 2. The van der Waals surface area contributed by atoms with Crippen LogP contribution in [0.1, 0.15) is 39.0 Å². The second-order valence-electron chi connectivity index (χ2n) is 4.24. The fourth-order valence-electron chi connectivity index (χ4n) is 2.20. The van der Waals surface area contributed by atoms with Crippen LogP contribution in [0, 0.1) is 0 Å². The Labute approximate surface area is 99.2 Å². The topological polar surface area (TPSA) is 18.5 Å². The SMILES string of the molecule is C/C(=C\I)[C@H]1COC2(CCCCC2)O1. The molecule has 1 aliphatic heterocycles. The molecule has 2 aliphatic rings. The predicted molar refractivity (Wildman–Crippen MR) is 64.4 cm³/mol. The fraction of sp³-hybridized carbons (Fsp3) is 0.818. The Morgan fingerprint density at radius 3 is 2.71 bits per heavy atom. The second-order valence-corrected chi connectivity index (χ2v) is 4.86. The van der Waals surface area contributed by atoms with Crippen LogP contribution in [0.25, 0.3) is 0 Å². The first kappa shape index (κ1) is 10.9. The van der Waals surface area contributed by atoms with Crippen molar-refractivity contribution in [3.63, 3.8) is 0 Å². The zero-order valence-electron chi connectivity index (χ0n) is 8.59. The molecule has 0 aromatic carbocycles.